The van der Waals surface area contributed by atoms with Crippen LogP contribution in [0, 0.1) is 0 Å². The van der Waals surface area contributed by atoms with Gasteiger partial charge in [0.1, 0.15) is 0 Å². The molecule has 1 aromatic heterocycles. The van der Waals surface area contributed by atoms with Gasteiger partial charge in [0.2, 0.25) is 0 Å². The molecule has 1 heterocycles. The number of rotatable bonds is 5. The highest BCUT2D eigenvalue weighted by Crippen LogP contribution is 2.28. The van der Waals surface area contributed by atoms with Gasteiger partial charge >= 0.3 is 0 Å². The summed E-state index contributed by atoms with van der Waals surface area (Å²) in [5, 5.41) is 4.77. The largest absolute Gasteiger partial charge is 0.321 e. The van der Waals surface area contributed by atoms with Crippen LogP contribution in [0.2, 0.25) is 0 Å². The molecule has 0 fully saturated rings. The van der Waals surface area contributed by atoms with Crippen molar-refractivity contribution in [3.8, 4) is 0 Å². The van der Waals surface area contributed by atoms with Crippen LogP contribution < -0.4 is 5.32 Å². The molecule has 1 amide bonds. The Bertz CT molecular complexity index is 595. The van der Waals surface area contributed by atoms with E-state index in [0.29, 0.717) is 5.56 Å². The summed E-state index contributed by atoms with van der Waals surface area (Å²) in [5.41, 5.74) is 1.50. The van der Waals surface area contributed by atoms with E-state index in [4.69, 9.17) is 0 Å². The summed E-state index contributed by atoms with van der Waals surface area (Å²) in [5.74, 6) is 0.727. The van der Waals surface area contributed by atoms with Crippen molar-refractivity contribution in [1.29, 1.82) is 0 Å². The number of thioether (sulfide) groups is 1. The molecule has 1 N–H and O–H groups in total. The maximum absolute atomic E-state index is 12.1. The number of hydrogen-bond donors (Lipinski definition) is 1. The maximum atomic E-state index is 12.1. The van der Waals surface area contributed by atoms with Crippen LogP contribution in [0.1, 0.15) is 10.4 Å². The Morgan fingerprint density at radius 1 is 1.47 bits per heavy atom. The van der Waals surface area contributed by atoms with Crippen LogP contribution in [0.15, 0.2) is 57.0 Å². The zero-order chi connectivity index (χ0) is 13.7. The summed E-state index contributed by atoms with van der Waals surface area (Å²) >= 11 is 6.51. The zero-order valence-corrected chi connectivity index (χ0v) is 13.3. The van der Waals surface area contributed by atoms with E-state index in [1.165, 1.54) is 11.3 Å². The molecule has 2 nitrogen and oxygen atoms in total. The molecular weight excluding hydrogens is 342 g/mol. The highest BCUT2D eigenvalue weighted by atomic mass is 79.9. The molecule has 0 spiro atoms. The van der Waals surface area contributed by atoms with Gasteiger partial charge in [-0.15, -0.1) is 29.7 Å². The molecule has 19 heavy (non-hydrogen) atoms. The normalized spacial score (nSPS) is 10.2. The third-order valence-electron chi connectivity index (χ3n) is 2.32. The van der Waals surface area contributed by atoms with Crippen LogP contribution >= 0.6 is 39.0 Å². The number of para-hydroxylation sites is 1. The van der Waals surface area contributed by atoms with Gasteiger partial charge in [-0.05, 0) is 34.1 Å². The van der Waals surface area contributed by atoms with Crippen LogP contribution in [-0.4, -0.2) is 11.7 Å². The number of halogens is 1. The van der Waals surface area contributed by atoms with Gasteiger partial charge in [0.15, 0.2) is 0 Å². The molecule has 2 rings (SSSR count). The first-order valence-corrected chi connectivity index (χ1v) is 8.24. The van der Waals surface area contributed by atoms with Gasteiger partial charge in [0, 0.05) is 16.0 Å². The van der Waals surface area contributed by atoms with Crippen LogP contribution in [0.3, 0.4) is 0 Å². The second-order valence-corrected chi connectivity index (χ2v) is 7.04. The molecule has 1 aromatic carbocycles. The smallest absolute Gasteiger partial charge is 0.256 e. The maximum Gasteiger partial charge on any atom is 0.256 e. The van der Waals surface area contributed by atoms with E-state index in [1.807, 2.05) is 41.8 Å². The second kappa shape index (κ2) is 6.93. The van der Waals surface area contributed by atoms with Crippen LogP contribution in [-0.2, 0) is 0 Å². The number of amides is 1. The third-order valence-corrected chi connectivity index (χ3v) is 4.90. The summed E-state index contributed by atoms with van der Waals surface area (Å²) in [7, 11) is 0. The monoisotopic (exact) mass is 353 g/mol. The summed E-state index contributed by atoms with van der Waals surface area (Å²) in [6, 6.07) is 9.59. The fraction of sp³-hybridized carbons (Fsp3) is 0.0714. The van der Waals surface area contributed by atoms with E-state index in [-0.39, 0.29) is 5.91 Å². The predicted octanol–water partition coefficient (Wildman–Crippen LogP) is 5.04. The number of nitrogens with one attached hydrogen (secondary N) is 1. The van der Waals surface area contributed by atoms with Crippen LogP contribution in [0.25, 0.3) is 0 Å². The predicted molar refractivity (Wildman–Crippen MR) is 87.3 cm³/mol. The first kappa shape index (κ1) is 14.4. The van der Waals surface area contributed by atoms with Crippen molar-refractivity contribution in [3.05, 3.63) is 57.7 Å². The van der Waals surface area contributed by atoms with Crippen molar-refractivity contribution in [2.75, 3.05) is 11.1 Å². The molecule has 0 radical (unpaired) electrons. The van der Waals surface area contributed by atoms with Gasteiger partial charge in [0.25, 0.3) is 5.91 Å². The molecule has 0 unspecified atom stereocenters. The molecule has 0 aliphatic carbocycles. The Morgan fingerprint density at radius 3 is 2.95 bits per heavy atom. The average Bonchev–Trinajstić information content (AvgIpc) is 2.84. The topological polar surface area (TPSA) is 29.1 Å². The fourth-order valence-electron chi connectivity index (χ4n) is 1.47. The minimum atomic E-state index is -0.0893. The summed E-state index contributed by atoms with van der Waals surface area (Å²) in [6.07, 6.45) is 1.85. The number of carbonyl (C=O) groups excluding carboxylic acids is 1. The van der Waals surface area contributed by atoms with E-state index in [2.05, 4.69) is 27.8 Å². The first-order valence-electron chi connectivity index (χ1n) is 5.59. The van der Waals surface area contributed by atoms with Crippen molar-refractivity contribution in [3.63, 3.8) is 0 Å². The van der Waals surface area contributed by atoms with Crippen molar-refractivity contribution in [1.82, 2.24) is 0 Å². The Kier molecular flexibility index (Phi) is 5.24. The number of hydrogen-bond acceptors (Lipinski definition) is 3. The Hall–Kier alpha value is -1.04. The molecule has 0 aliphatic rings. The van der Waals surface area contributed by atoms with E-state index in [9.17, 15) is 4.79 Å². The average molecular weight is 354 g/mol. The SMILES string of the molecule is C=CCSc1ccccc1NC(=O)c1csc(Br)c1. The molecule has 0 aliphatic heterocycles. The van der Waals surface area contributed by atoms with Gasteiger partial charge < -0.3 is 5.32 Å². The lowest BCUT2D eigenvalue weighted by molar-refractivity contribution is 0.102. The molecule has 0 saturated heterocycles. The van der Waals surface area contributed by atoms with Crippen molar-refractivity contribution in [2.45, 2.75) is 4.90 Å². The van der Waals surface area contributed by atoms with Crippen molar-refractivity contribution in [2.24, 2.45) is 0 Å². The lowest BCUT2D eigenvalue weighted by Crippen LogP contribution is -2.11. The Balaban J connectivity index is 2.14. The summed E-state index contributed by atoms with van der Waals surface area (Å²) in [4.78, 5) is 13.1. The van der Waals surface area contributed by atoms with Gasteiger partial charge in [-0.25, -0.2) is 0 Å². The number of thiophene rings is 1. The van der Waals surface area contributed by atoms with E-state index in [1.54, 1.807) is 11.8 Å². The minimum Gasteiger partial charge on any atom is -0.321 e. The minimum absolute atomic E-state index is 0.0893. The van der Waals surface area contributed by atoms with Gasteiger partial charge in [-0.1, -0.05) is 18.2 Å². The molecule has 0 saturated carbocycles. The van der Waals surface area contributed by atoms with E-state index < -0.39 is 0 Å². The van der Waals surface area contributed by atoms with Crippen molar-refractivity contribution < 1.29 is 4.79 Å². The van der Waals surface area contributed by atoms with E-state index >= 15 is 0 Å². The van der Waals surface area contributed by atoms with Gasteiger partial charge in [0.05, 0.1) is 15.0 Å². The first-order chi connectivity index (χ1) is 9.20. The van der Waals surface area contributed by atoms with Crippen molar-refractivity contribution >= 4 is 50.6 Å². The molecule has 98 valence electrons. The zero-order valence-electron chi connectivity index (χ0n) is 10.1. The number of carbonyl (C=O) groups is 1. The lowest BCUT2D eigenvalue weighted by atomic mass is 10.3. The Morgan fingerprint density at radius 2 is 2.26 bits per heavy atom. The van der Waals surface area contributed by atoms with Gasteiger partial charge in [-0.3, -0.25) is 4.79 Å². The second-order valence-electron chi connectivity index (χ2n) is 3.69. The molecular formula is C14H12BrNOS2. The lowest BCUT2D eigenvalue weighted by Gasteiger charge is -2.09. The molecule has 5 heteroatoms. The third kappa shape index (κ3) is 3.96. The summed E-state index contributed by atoms with van der Waals surface area (Å²) in [6.45, 7) is 3.70. The van der Waals surface area contributed by atoms with E-state index in [0.717, 1.165) is 20.1 Å². The quantitative estimate of drug-likeness (QED) is 0.602. The highest BCUT2D eigenvalue weighted by Gasteiger charge is 2.10. The number of benzene rings is 1. The molecule has 2 aromatic rings. The van der Waals surface area contributed by atoms with Crippen LogP contribution in [0.5, 0.6) is 0 Å². The number of anilines is 1. The standard InChI is InChI=1S/C14H12BrNOS2/c1-2-7-18-12-6-4-3-5-11(12)16-14(17)10-8-13(15)19-9-10/h2-6,8-9H,1,7H2,(H,16,17). The summed E-state index contributed by atoms with van der Waals surface area (Å²) < 4.78 is 0.951. The van der Waals surface area contributed by atoms with Gasteiger partial charge in [-0.2, -0.15) is 0 Å². The van der Waals surface area contributed by atoms with Crippen LogP contribution in [0.4, 0.5) is 5.69 Å². The highest BCUT2D eigenvalue weighted by molar-refractivity contribution is 9.11. The Labute approximate surface area is 129 Å². The fourth-order valence-corrected chi connectivity index (χ4v) is 3.35. The molecule has 0 bridgehead atoms. The molecule has 0 atom stereocenters.